The summed E-state index contributed by atoms with van der Waals surface area (Å²) < 4.78 is 11.6. The summed E-state index contributed by atoms with van der Waals surface area (Å²) in [7, 11) is 0. The minimum Gasteiger partial charge on any atom is -0.454 e. The molecule has 3 aromatic rings. The van der Waals surface area contributed by atoms with Crippen LogP contribution in [0.2, 0.25) is 0 Å². The first kappa shape index (κ1) is 14.0. The first-order valence-electron chi connectivity index (χ1n) is 7.34. The predicted octanol–water partition coefficient (Wildman–Crippen LogP) is 3.84. The number of nitrogens with one attached hydrogen (secondary N) is 1. The van der Waals surface area contributed by atoms with Gasteiger partial charge in [-0.05, 0) is 36.2 Å². The average Bonchev–Trinajstić information content (AvgIpc) is 3.19. The second-order valence-corrected chi connectivity index (χ2v) is 6.19. The summed E-state index contributed by atoms with van der Waals surface area (Å²) in [4.78, 5) is 17.0. The van der Waals surface area contributed by atoms with Gasteiger partial charge in [0.25, 0.3) is 5.91 Å². The zero-order chi connectivity index (χ0) is 15.8. The Bertz CT molecular complexity index is 904. The number of aryl methyl sites for hydroxylation is 1. The molecule has 1 aliphatic heterocycles. The molecule has 0 saturated carbocycles. The first-order valence-corrected chi connectivity index (χ1v) is 8.15. The zero-order valence-corrected chi connectivity index (χ0v) is 13.3. The van der Waals surface area contributed by atoms with Crippen molar-refractivity contribution in [2.24, 2.45) is 0 Å². The number of para-hydroxylation sites is 1. The van der Waals surface area contributed by atoms with Gasteiger partial charge in [0.1, 0.15) is 0 Å². The molecule has 0 unspecified atom stereocenters. The number of benzene rings is 2. The molecule has 5 nitrogen and oxygen atoms in total. The molecule has 0 fully saturated rings. The number of hydrogen-bond donors (Lipinski definition) is 1. The summed E-state index contributed by atoms with van der Waals surface area (Å²) in [5.41, 5.74) is 2.66. The second-order valence-electron chi connectivity index (χ2n) is 5.16. The highest BCUT2D eigenvalue weighted by Crippen LogP contribution is 2.33. The van der Waals surface area contributed by atoms with Gasteiger partial charge in [0.05, 0.1) is 10.2 Å². The van der Waals surface area contributed by atoms with Crippen LogP contribution in [0, 0.1) is 0 Å². The fourth-order valence-electron chi connectivity index (χ4n) is 2.55. The molecule has 2 heterocycles. The molecular weight excluding hydrogens is 312 g/mol. The SMILES string of the molecule is CCc1cccc2sc(NC(=O)c3ccc4c(c3)OCO4)nc12. The quantitative estimate of drug-likeness (QED) is 0.794. The van der Waals surface area contributed by atoms with Crippen LogP contribution in [0.5, 0.6) is 11.5 Å². The number of rotatable bonds is 3. The number of amides is 1. The van der Waals surface area contributed by atoms with Gasteiger partial charge in [-0.25, -0.2) is 4.98 Å². The van der Waals surface area contributed by atoms with Crippen LogP contribution >= 0.6 is 11.3 Å². The maximum absolute atomic E-state index is 12.4. The van der Waals surface area contributed by atoms with Crippen LogP contribution in [0.3, 0.4) is 0 Å². The molecule has 116 valence electrons. The molecule has 0 spiro atoms. The zero-order valence-electron chi connectivity index (χ0n) is 12.5. The Morgan fingerprint density at radius 2 is 2.13 bits per heavy atom. The maximum Gasteiger partial charge on any atom is 0.257 e. The predicted molar refractivity (Wildman–Crippen MR) is 89.5 cm³/mol. The lowest BCUT2D eigenvalue weighted by molar-refractivity contribution is 0.102. The van der Waals surface area contributed by atoms with Crippen LogP contribution in [-0.2, 0) is 6.42 Å². The third kappa shape index (κ3) is 2.51. The Balaban J connectivity index is 1.61. The number of carbonyl (C=O) groups excluding carboxylic acids is 1. The molecule has 6 heteroatoms. The number of thiazole rings is 1. The normalized spacial score (nSPS) is 12.6. The fourth-order valence-corrected chi connectivity index (χ4v) is 3.46. The summed E-state index contributed by atoms with van der Waals surface area (Å²) in [6.45, 7) is 2.29. The molecule has 2 aromatic carbocycles. The number of aromatic nitrogens is 1. The van der Waals surface area contributed by atoms with E-state index in [1.54, 1.807) is 18.2 Å². The lowest BCUT2D eigenvalue weighted by Crippen LogP contribution is -2.11. The number of fused-ring (bicyclic) bond motifs is 2. The number of anilines is 1. The van der Waals surface area contributed by atoms with Crippen LogP contribution in [0.1, 0.15) is 22.8 Å². The van der Waals surface area contributed by atoms with Gasteiger partial charge >= 0.3 is 0 Å². The van der Waals surface area contributed by atoms with Gasteiger partial charge in [-0.2, -0.15) is 0 Å². The van der Waals surface area contributed by atoms with Crippen molar-refractivity contribution in [3.8, 4) is 11.5 Å². The van der Waals surface area contributed by atoms with Crippen LogP contribution < -0.4 is 14.8 Å². The standard InChI is InChI=1S/C17H14N2O3S/c1-2-10-4-3-5-14-15(10)18-17(23-14)19-16(20)11-6-7-12-13(8-11)22-9-21-12/h3-8H,2,9H2,1H3,(H,18,19,20). The Labute approximate surface area is 136 Å². The number of hydrogen-bond acceptors (Lipinski definition) is 5. The third-order valence-electron chi connectivity index (χ3n) is 3.74. The summed E-state index contributed by atoms with van der Waals surface area (Å²) in [6, 6.07) is 11.2. The van der Waals surface area contributed by atoms with Gasteiger partial charge in [-0.1, -0.05) is 30.4 Å². The Kier molecular flexibility index (Phi) is 3.38. The average molecular weight is 326 g/mol. The van der Waals surface area contributed by atoms with E-state index in [-0.39, 0.29) is 12.7 Å². The Morgan fingerprint density at radius 3 is 3.00 bits per heavy atom. The van der Waals surface area contributed by atoms with E-state index in [1.807, 2.05) is 12.1 Å². The number of ether oxygens (including phenoxy) is 2. The highest BCUT2D eigenvalue weighted by molar-refractivity contribution is 7.22. The van der Waals surface area contributed by atoms with Gasteiger partial charge in [-0.15, -0.1) is 0 Å². The van der Waals surface area contributed by atoms with Crippen molar-refractivity contribution in [3.05, 3.63) is 47.5 Å². The number of nitrogens with zero attached hydrogens (tertiary/aromatic N) is 1. The molecule has 1 aliphatic rings. The van der Waals surface area contributed by atoms with E-state index in [9.17, 15) is 4.79 Å². The molecule has 0 atom stereocenters. The topological polar surface area (TPSA) is 60.5 Å². The van der Waals surface area contributed by atoms with Crippen molar-refractivity contribution in [2.45, 2.75) is 13.3 Å². The number of carbonyl (C=O) groups is 1. The molecule has 0 saturated heterocycles. The van der Waals surface area contributed by atoms with E-state index >= 15 is 0 Å². The van der Waals surface area contributed by atoms with E-state index in [1.165, 1.54) is 16.9 Å². The highest BCUT2D eigenvalue weighted by Gasteiger charge is 2.17. The first-order chi connectivity index (χ1) is 11.2. The molecule has 0 bridgehead atoms. The van der Waals surface area contributed by atoms with Crippen molar-refractivity contribution < 1.29 is 14.3 Å². The van der Waals surface area contributed by atoms with Crippen molar-refractivity contribution in [1.29, 1.82) is 0 Å². The molecule has 1 amide bonds. The third-order valence-corrected chi connectivity index (χ3v) is 4.67. The van der Waals surface area contributed by atoms with Gasteiger partial charge < -0.3 is 9.47 Å². The Hall–Kier alpha value is -2.60. The van der Waals surface area contributed by atoms with Crippen LogP contribution in [-0.4, -0.2) is 17.7 Å². The minimum absolute atomic E-state index is 0.193. The minimum atomic E-state index is -0.208. The molecule has 23 heavy (non-hydrogen) atoms. The van der Waals surface area contributed by atoms with Crippen LogP contribution in [0.4, 0.5) is 5.13 Å². The largest absolute Gasteiger partial charge is 0.454 e. The molecular formula is C17H14N2O3S. The molecule has 1 aromatic heterocycles. The van der Waals surface area contributed by atoms with E-state index in [4.69, 9.17) is 9.47 Å². The van der Waals surface area contributed by atoms with E-state index in [2.05, 4.69) is 23.3 Å². The molecule has 4 rings (SSSR count). The molecule has 1 N–H and O–H groups in total. The van der Waals surface area contributed by atoms with Gasteiger partial charge in [0, 0.05) is 5.56 Å². The summed E-state index contributed by atoms with van der Waals surface area (Å²) in [5, 5.41) is 3.46. The molecule has 0 aliphatic carbocycles. The van der Waals surface area contributed by atoms with Crippen molar-refractivity contribution in [2.75, 3.05) is 12.1 Å². The van der Waals surface area contributed by atoms with Crippen molar-refractivity contribution in [3.63, 3.8) is 0 Å². The van der Waals surface area contributed by atoms with E-state index < -0.39 is 0 Å². The van der Waals surface area contributed by atoms with Gasteiger partial charge in [-0.3, -0.25) is 10.1 Å². The smallest absolute Gasteiger partial charge is 0.257 e. The summed E-state index contributed by atoms with van der Waals surface area (Å²) in [6.07, 6.45) is 0.913. The van der Waals surface area contributed by atoms with Crippen molar-refractivity contribution >= 4 is 32.6 Å². The monoisotopic (exact) mass is 326 g/mol. The van der Waals surface area contributed by atoms with E-state index in [0.717, 1.165) is 16.6 Å². The van der Waals surface area contributed by atoms with Crippen LogP contribution in [0.15, 0.2) is 36.4 Å². The maximum atomic E-state index is 12.4. The summed E-state index contributed by atoms with van der Waals surface area (Å²) in [5.74, 6) is 1.05. The fraction of sp³-hybridized carbons (Fsp3) is 0.176. The van der Waals surface area contributed by atoms with Crippen LogP contribution in [0.25, 0.3) is 10.2 Å². The van der Waals surface area contributed by atoms with Gasteiger partial charge in [0.2, 0.25) is 6.79 Å². The van der Waals surface area contributed by atoms with Crippen molar-refractivity contribution in [1.82, 2.24) is 4.98 Å². The molecule has 0 radical (unpaired) electrons. The van der Waals surface area contributed by atoms with E-state index in [0.29, 0.717) is 22.2 Å². The highest BCUT2D eigenvalue weighted by atomic mass is 32.1. The lowest BCUT2D eigenvalue weighted by atomic mass is 10.1. The van der Waals surface area contributed by atoms with Gasteiger partial charge in [0.15, 0.2) is 16.6 Å². The summed E-state index contributed by atoms with van der Waals surface area (Å²) >= 11 is 1.48. The Morgan fingerprint density at radius 1 is 1.26 bits per heavy atom. The second kappa shape index (κ2) is 5.55. The lowest BCUT2D eigenvalue weighted by Gasteiger charge is -2.02.